The summed E-state index contributed by atoms with van der Waals surface area (Å²) in [6, 6.07) is 8.98. The zero-order valence-corrected chi connectivity index (χ0v) is 13.6. The highest BCUT2D eigenvalue weighted by Crippen LogP contribution is 2.25. The van der Waals surface area contributed by atoms with Crippen molar-refractivity contribution in [1.82, 2.24) is 0 Å². The first-order valence-corrected chi connectivity index (χ1v) is 7.33. The van der Waals surface area contributed by atoms with Crippen molar-refractivity contribution < 1.29 is 13.9 Å². The third-order valence-corrected chi connectivity index (χ3v) is 3.50. The van der Waals surface area contributed by atoms with Gasteiger partial charge in [-0.05, 0) is 36.4 Å². The Morgan fingerprint density at radius 1 is 1.24 bits per heavy atom. The molecule has 2 aromatic carbocycles. The Kier molecular flexibility index (Phi) is 5.45. The van der Waals surface area contributed by atoms with E-state index in [4.69, 9.17) is 27.9 Å². The molecule has 0 radical (unpaired) electrons. The number of carbonyl (C=O) groups excluding carboxylic acids is 1. The summed E-state index contributed by atoms with van der Waals surface area (Å²) in [5.74, 6) is -1.02. The molecule has 110 valence electrons. The molecule has 2 rings (SSSR count). The summed E-state index contributed by atoms with van der Waals surface area (Å²) in [5.41, 5.74) is 0.408. The molecule has 0 aliphatic heterocycles. The molecule has 0 aromatic heterocycles. The van der Waals surface area contributed by atoms with Crippen LogP contribution >= 0.6 is 39.1 Å². The van der Waals surface area contributed by atoms with Crippen molar-refractivity contribution >= 4 is 50.7 Å². The van der Waals surface area contributed by atoms with Crippen LogP contribution in [0.3, 0.4) is 0 Å². The molecule has 0 atom stereocenters. The molecule has 0 aliphatic rings. The number of rotatable bonds is 4. The third kappa shape index (κ3) is 4.59. The van der Waals surface area contributed by atoms with Gasteiger partial charge in [0.15, 0.2) is 18.2 Å². The molecular formula is C14H9BrCl2FNO2. The quantitative estimate of drug-likeness (QED) is 0.802. The van der Waals surface area contributed by atoms with Gasteiger partial charge in [-0.3, -0.25) is 4.79 Å². The fourth-order valence-corrected chi connectivity index (χ4v) is 2.30. The molecule has 0 unspecified atom stereocenters. The lowest BCUT2D eigenvalue weighted by atomic mass is 10.3. The maximum atomic E-state index is 13.5. The van der Waals surface area contributed by atoms with Crippen molar-refractivity contribution in [3.8, 4) is 5.75 Å². The van der Waals surface area contributed by atoms with Gasteiger partial charge >= 0.3 is 0 Å². The number of ether oxygens (including phenoxy) is 1. The average molecular weight is 393 g/mol. The average Bonchev–Trinajstić information content (AvgIpc) is 2.41. The Morgan fingerprint density at radius 3 is 2.67 bits per heavy atom. The molecule has 21 heavy (non-hydrogen) atoms. The maximum absolute atomic E-state index is 13.5. The Morgan fingerprint density at radius 2 is 2.00 bits per heavy atom. The topological polar surface area (TPSA) is 38.3 Å². The zero-order valence-electron chi connectivity index (χ0n) is 10.5. The van der Waals surface area contributed by atoms with Gasteiger partial charge in [0, 0.05) is 9.50 Å². The van der Waals surface area contributed by atoms with E-state index in [2.05, 4.69) is 21.2 Å². The molecule has 2 aromatic rings. The number of nitrogens with one attached hydrogen (secondary N) is 1. The lowest BCUT2D eigenvalue weighted by molar-refractivity contribution is -0.118. The van der Waals surface area contributed by atoms with E-state index < -0.39 is 11.7 Å². The van der Waals surface area contributed by atoms with E-state index in [9.17, 15) is 9.18 Å². The molecule has 0 spiro atoms. The van der Waals surface area contributed by atoms with Crippen molar-refractivity contribution in [2.24, 2.45) is 0 Å². The van der Waals surface area contributed by atoms with E-state index in [-0.39, 0.29) is 12.4 Å². The second-order valence-corrected chi connectivity index (χ2v) is 5.80. The lowest BCUT2D eigenvalue weighted by Crippen LogP contribution is -2.20. The van der Waals surface area contributed by atoms with Gasteiger partial charge in [0.05, 0.1) is 10.7 Å². The van der Waals surface area contributed by atoms with Gasteiger partial charge in [0.1, 0.15) is 0 Å². The molecule has 1 N–H and O–H groups in total. The van der Waals surface area contributed by atoms with Crippen LogP contribution in [-0.2, 0) is 4.79 Å². The third-order valence-electron chi connectivity index (χ3n) is 2.46. The molecule has 7 heteroatoms. The number of anilines is 1. The van der Waals surface area contributed by atoms with E-state index in [0.717, 1.165) is 0 Å². The predicted molar refractivity (Wildman–Crippen MR) is 84.7 cm³/mol. The van der Waals surface area contributed by atoms with Crippen LogP contribution in [0.15, 0.2) is 40.9 Å². The number of halogens is 4. The number of hydrogen-bond acceptors (Lipinski definition) is 2. The molecule has 0 saturated heterocycles. The number of carbonyl (C=O) groups is 1. The van der Waals surface area contributed by atoms with Gasteiger partial charge in [0.2, 0.25) is 0 Å². The summed E-state index contributed by atoms with van der Waals surface area (Å²) in [7, 11) is 0. The van der Waals surface area contributed by atoms with E-state index in [0.29, 0.717) is 20.2 Å². The van der Waals surface area contributed by atoms with E-state index >= 15 is 0 Å². The maximum Gasteiger partial charge on any atom is 0.262 e. The second kappa shape index (κ2) is 7.11. The summed E-state index contributed by atoms with van der Waals surface area (Å²) in [6.45, 7) is -0.336. The highest BCUT2D eigenvalue weighted by Gasteiger charge is 2.09. The van der Waals surface area contributed by atoms with Crippen molar-refractivity contribution in [3.05, 3.63) is 56.7 Å². The first kappa shape index (κ1) is 16.1. The highest BCUT2D eigenvalue weighted by molar-refractivity contribution is 9.10. The molecular weight excluding hydrogens is 384 g/mol. The van der Waals surface area contributed by atoms with E-state index in [1.165, 1.54) is 18.2 Å². The fourth-order valence-electron chi connectivity index (χ4n) is 1.51. The predicted octanol–water partition coefficient (Wildman–Crippen LogP) is 4.91. The van der Waals surface area contributed by atoms with Crippen LogP contribution < -0.4 is 10.1 Å². The minimum atomic E-state index is -0.554. The summed E-state index contributed by atoms with van der Waals surface area (Å²) >= 11 is 14.8. The van der Waals surface area contributed by atoms with E-state index in [1.54, 1.807) is 18.2 Å². The van der Waals surface area contributed by atoms with Crippen molar-refractivity contribution in [2.75, 3.05) is 11.9 Å². The molecule has 1 amide bonds. The Labute approximate surface area is 139 Å². The fraction of sp³-hybridized carbons (Fsp3) is 0.0714. The minimum Gasteiger partial charge on any atom is -0.481 e. The Hall–Kier alpha value is -1.30. The van der Waals surface area contributed by atoms with Gasteiger partial charge in [-0.25, -0.2) is 4.39 Å². The monoisotopic (exact) mass is 391 g/mol. The minimum absolute atomic E-state index is 0.00412. The SMILES string of the molecule is O=C(COc1ccc(Br)cc1F)Nc1ccc(Cl)cc1Cl. The number of hydrogen-bond donors (Lipinski definition) is 1. The standard InChI is InChI=1S/C14H9BrCl2FNO2/c15-8-1-4-13(11(18)5-8)21-7-14(20)19-12-3-2-9(16)6-10(12)17/h1-6H,7H2,(H,19,20). The van der Waals surface area contributed by atoms with Crippen LogP contribution in [-0.4, -0.2) is 12.5 Å². The van der Waals surface area contributed by atoms with Gasteiger partial charge in [-0.2, -0.15) is 0 Å². The van der Waals surface area contributed by atoms with Crippen LogP contribution in [0.5, 0.6) is 5.75 Å². The molecule has 0 saturated carbocycles. The number of amides is 1. The van der Waals surface area contributed by atoms with Gasteiger partial charge < -0.3 is 10.1 Å². The van der Waals surface area contributed by atoms with Gasteiger partial charge in [-0.1, -0.05) is 39.1 Å². The van der Waals surface area contributed by atoms with Crippen molar-refractivity contribution in [1.29, 1.82) is 0 Å². The van der Waals surface area contributed by atoms with Crippen molar-refractivity contribution in [2.45, 2.75) is 0 Å². The van der Waals surface area contributed by atoms with Crippen LogP contribution in [0.4, 0.5) is 10.1 Å². The molecule has 0 fully saturated rings. The first-order chi connectivity index (χ1) is 9.95. The van der Waals surface area contributed by atoms with Crippen molar-refractivity contribution in [3.63, 3.8) is 0 Å². The van der Waals surface area contributed by atoms with Crippen LogP contribution in [0.1, 0.15) is 0 Å². The molecule has 0 bridgehead atoms. The largest absolute Gasteiger partial charge is 0.481 e. The van der Waals surface area contributed by atoms with Crippen LogP contribution in [0.2, 0.25) is 10.0 Å². The van der Waals surface area contributed by atoms with E-state index in [1.807, 2.05) is 0 Å². The first-order valence-electron chi connectivity index (χ1n) is 5.78. The normalized spacial score (nSPS) is 10.3. The lowest BCUT2D eigenvalue weighted by Gasteiger charge is -2.09. The van der Waals surface area contributed by atoms with Crippen LogP contribution in [0.25, 0.3) is 0 Å². The second-order valence-electron chi connectivity index (χ2n) is 4.04. The highest BCUT2D eigenvalue weighted by atomic mass is 79.9. The summed E-state index contributed by atoms with van der Waals surface area (Å²) in [6.07, 6.45) is 0. The smallest absolute Gasteiger partial charge is 0.262 e. The van der Waals surface area contributed by atoms with Crippen LogP contribution in [0, 0.1) is 5.82 Å². The Balaban J connectivity index is 1.96. The molecule has 0 heterocycles. The number of benzene rings is 2. The Bertz CT molecular complexity index is 682. The van der Waals surface area contributed by atoms with Gasteiger partial charge in [0.25, 0.3) is 5.91 Å². The summed E-state index contributed by atoms with van der Waals surface area (Å²) < 4.78 is 19.2. The van der Waals surface area contributed by atoms with Gasteiger partial charge in [-0.15, -0.1) is 0 Å². The summed E-state index contributed by atoms with van der Waals surface area (Å²) in [5, 5.41) is 3.33. The molecule has 0 aliphatic carbocycles. The summed E-state index contributed by atoms with van der Waals surface area (Å²) in [4.78, 5) is 11.7. The zero-order chi connectivity index (χ0) is 15.4. The molecule has 3 nitrogen and oxygen atoms in total.